The number of sulfonamides is 1. The third-order valence-corrected chi connectivity index (χ3v) is 9.48. The summed E-state index contributed by atoms with van der Waals surface area (Å²) in [6.45, 7) is 1.56. The normalized spacial score (nSPS) is 16.7. The first-order valence-corrected chi connectivity index (χ1v) is 13.4. The van der Waals surface area contributed by atoms with Gasteiger partial charge in [0.25, 0.3) is 0 Å². The van der Waals surface area contributed by atoms with Crippen molar-refractivity contribution >= 4 is 49.7 Å². The number of piperazine rings is 1. The Labute approximate surface area is 203 Å². The molecule has 8 nitrogen and oxygen atoms in total. The SMILES string of the molecule is COC(=O)c1c(NC(=S)N2CCN(S(=O)(=O)c3ccc(OC)cc3)CC2)sc2c1CCCC2. The lowest BCUT2D eigenvalue weighted by atomic mass is 9.95. The first-order chi connectivity index (χ1) is 15.8. The Kier molecular flexibility index (Phi) is 7.22. The van der Waals surface area contributed by atoms with Crippen molar-refractivity contribution in [3.63, 3.8) is 0 Å². The van der Waals surface area contributed by atoms with Gasteiger partial charge in [0.2, 0.25) is 10.0 Å². The number of methoxy groups -OCH3 is 2. The van der Waals surface area contributed by atoms with Crippen molar-refractivity contribution in [2.45, 2.75) is 30.6 Å². The quantitative estimate of drug-likeness (QED) is 0.486. The molecule has 1 aromatic heterocycles. The number of esters is 1. The van der Waals surface area contributed by atoms with Gasteiger partial charge in [-0.25, -0.2) is 13.2 Å². The highest BCUT2D eigenvalue weighted by molar-refractivity contribution is 7.89. The smallest absolute Gasteiger partial charge is 0.341 e. The lowest BCUT2D eigenvalue weighted by Crippen LogP contribution is -2.51. The molecule has 1 fully saturated rings. The van der Waals surface area contributed by atoms with Crippen molar-refractivity contribution in [2.24, 2.45) is 0 Å². The molecule has 11 heteroatoms. The molecule has 0 bridgehead atoms. The Morgan fingerprint density at radius 1 is 1.06 bits per heavy atom. The molecular formula is C22H27N3O5S3. The zero-order valence-electron chi connectivity index (χ0n) is 18.6. The topological polar surface area (TPSA) is 88.2 Å². The van der Waals surface area contributed by atoms with Crippen LogP contribution >= 0.6 is 23.6 Å². The minimum Gasteiger partial charge on any atom is -0.497 e. The Balaban J connectivity index is 1.43. The molecule has 1 saturated heterocycles. The Bertz CT molecular complexity index is 1140. The molecule has 1 aliphatic carbocycles. The lowest BCUT2D eigenvalue weighted by molar-refractivity contribution is 0.0601. The summed E-state index contributed by atoms with van der Waals surface area (Å²) >= 11 is 7.18. The van der Waals surface area contributed by atoms with E-state index < -0.39 is 10.0 Å². The van der Waals surface area contributed by atoms with Crippen molar-refractivity contribution in [3.05, 3.63) is 40.3 Å². The number of fused-ring (bicyclic) bond motifs is 1. The number of benzene rings is 1. The zero-order valence-corrected chi connectivity index (χ0v) is 21.1. The van der Waals surface area contributed by atoms with Gasteiger partial charge in [0.1, 0.15) is 10.8 Å². The monoisotopic (exact) mass is 509 g/mol. The average Bonchev–Trinajstić information content (AvgIpc) is 3.21. The highest BCUT2D eigenvalue weighted by Crippen LogP contribution is 2.38. The number of carbonyl (C=O) groups is 1. The largest absolute Gasteiger partial charge is 0.497 e. The van der Waals surface area contributed by atoms with E-state index in [1.54, 1.807) is 42.7 Å². The molecule has 2 heterocycles. The third-order valence-electron chi connectivity index (χ3n) is 6.00. The van der Waals surface area contributed by atoms with Crippen LogP contribution in [0.25, 0.3) is 0 Å². The fourth-order valence-electron chi connectivity index (χ4n) is 4.18. The molecule has 33 heavy (non-hydrogen) atoms. The number of aryl methyl sites for hydroxylation is 1. The summed E-state index contributed by atoms with van der Waals surface area (Å²) in [6, 6.07) is 6.39. The molecule has 1 aliphatic heterocycles. The lowest BCUT2D eigenvalue weighted by Gasteiger charge is -2.35. The van der Waals surface area contributed by atoms with Crippen molar-refractivity contribution in [3.8, 4) is 5.75 Å². The van der Waals surface area contributed by atoms with Crippen molar-refractivity contribution < 1.29 is 22.7 Å². The molecule has 2 aromatic rings. The number of carbonyl (C=O) groups excluding carboxylic acids is 1. The van der Waals surface area contributed by atoms with Gasteiger partial charge in [-0.05, 0) is 67.7 Å². The van der Waals surface area contributed by atoms with Crippen LogP contribution in [0.1, 0.15) is 33.6 Å². The van der Waals surface area contributed by atoms with Gasteiger partial charge in [0, 0.05) is 31.1 Å². The number of thiocarbonyl (C=S) groups is 1. The first kappa shape index (κ1) is 23.9. The fraction of sp³-hybridized carbons (Fsp3) is 0.455. The summed E-state index contributed by atoms with van der Waals surface area (Å²) in [6.07, 6.45) is 4.00. The van der Waals surface area contributed by atoms with Crippen molar-refractivity contribution in [2.75, 3.05) is 45.7 Å². The van der Waals surface area contributed by atoms with Crippen LogP contribution in [0.15, 0.2) is 29.2 Å². The Morgan fingerprint density at radius 2 is 1.73 bits per heavy atom. The maximum absolute atomic E-state index is 13.0. The van der Waals surface area contributed by atoms with Gasteiger partial charge in [-0.15, -0.1) is 11.3 Å². The minimum absolute atomic E-state index is 0.240. The maximum atomic E-state index is 13.0. The second kappa shape index (κ2) is 9.96. The number of rotatable bonds is 5. The summed E-state index contributed by atoms with van der Waals surface area (Å²) < 4.78 is 37.6. The fourth-order valence-corrected chi connectivity index (χ4v) is 7.22. The van der Waals surface area contributed by atoms with Gasteiger partial charge in [0.05, 0.1) is 24.7 Å². The van der Waals surface area contributed by atoms with Crippen LogP contribution in [0.5, 0.6) is 5.75 Å². The standard InChI is InChI=1S/C22H27N3O5S3/c1-29-15-7-9-16(10-8-15)33(27,28)25-13-11-24(12-14-25)22(31)23-20-19(21(26)30-2)17-5-3-4-6-18(17)32-20/h7-10H,3-6,11-14H2,1-2H3,(H,23,31). The molecular weight excluding hydrogens is 482 g/mol. The number of nitrogens with one attached hydrogen (secondary N) is 1. The number of hydrogen-bond donors (Lipinski definition) is 1. The third kappa shape index (κ3) is 4.86. The highest BCUT2D eigenvalue weighted by atomic mass is 32.2. The molecule has 0 radical (unpaired) electrons. The predicted octanol–water partition coefficient (Wildman–Crippen LogP) is 3.13. The van der Waals surface area contributed by atoms with Gasteiger partial charge in [-0.2, -0.15) is 4.31 Å². The van der Waals surface area contributed by atoms with Crippen LogP contribution in [0.2, 0.25) is 0 Å². The van der Waals surface area contributed by atoms with Gasteiger partial charge in [0.15, 0.2) is 5.11 Å². The van der Waals surface area contributed by atoms with Gasteiger partial charge >= 0.3 is 5.97 Å². The Morgan fingerprint density at radius 3 is 2.36 bits per heavy atom. The summed E-state index contributed by atoms with van der Waals surface area (Å²) in [5, 5.41) is 4.44. The van der Waals surface area contributed by atoms with Crippen LogP contribution < -0.4 is 10.1 Å². The number of anilines is 1. The van der Waals surface area contributed by atoms with E-state index in [1.807, 2.05) is 4.90 Å². The number of thiophene rings is 1. The van der Waals surface area contributed by atoms with Crippen LogP contribution in [0.3, 0.4) is 0 Å². The second-order valence-electron chi connectivity index (χ2n) is 7.90. The van der Waals surface area contributed by atoms with Gasteiger partial charge in [-0.3, -0.25) is 0 Å². The van der Waals surface area contributed by atoms with Crippen LogP contribution in [0.4, 0.5) is 5.00 Å². The average molecular weight is 510 g/mol. The molecule has 1 aromatic carbocycles. The minimum atomic E-state index is -3.59. The molecule has 4 rings (SSSR count). The van der Waals surface area contributed by atoms with Gasteiger partial charge < -0.3 is 19.7 Å². The van der Waals surface area contributed by atoms with E-state index in [9.17, 15) is 13.2 Å². The molecule has 0 saturated carbocycles. The Hall–Kier alpha value is -2.21. The molecule has 0 atom stereocenters. The predicted molar refractivity (Wildman–Crippen MR) is 132 cm³/mol. The summed E-state index contributed by atoms with van der Waals surface area (Å²) in [4.78, 5) is 15.9. The van der Waals surface area contributed by atoms with E-state index in [1.165, 1.54) is 16.3 Å². The van der Waals surface area contributed by atoms with Crippen LogP contribution in [-0.2, 0) is 27.6 Å². The number of hydrogen-bond acceptors (Lipinski definition) is 7. The van der Waals surface area contributed by atoms with E-state index >= 15 is 0 Å². The van der Waals surface area contributed by atoms with E-state index in [-0.39, 0.29) is 10.9 Å². The first-order valence-electron chi connectivity index (χ1n) is 10.8. The molecule has 1 N–H and O–H groups in total. The molecule has 0 unspecified atom stereocenters. The summed E-state index contributed by atoms with van der Waals surface area (Å²) in [7, 11) is -0.661. The molecule has 178 valence electrons. The van der Waals surface area contributed by atoms with E-state index in [2.05, 4.69) is 5.32 Å². The number of ether oxygens (including phenoxy) is 2. The van der Waals surface area contributed by atoms with Crippen LogP contribution in [0, 0.1) is 0 Å². The summed E-state index contributed by atoms with van der Waals surface area (Å²) in [5.41, 5.74) is 1.65. The highest BCUT2D eigenvalue weighted by Gasteiger charge is 2.31. The zero-order chi connectivity index (χ0) is 23.6. The van der Waals surface area contributed by atoms with Crippen molar-refractivity contribution in [1.82, 2.24) is 9.21 Å². The maximum Gasteiger partial charge on any atom is 0.341 e. The van der Waals surface area contributed by atoms with E-state index in [0.29, 0.717) is 47.6 Å². The molecule has 2 aliphatic rings. The number of nitrogens with zero attached hydrogens (tertiary/aromatic N) is 2. The van der Waals surface area contributed by atoms with Crippen molar-refractivity contribution in [1.29, 1.82) is 0 Å². The van der Waals surface area contributed by atoms with E-state index in [4.69, 9.17) is 21.7 Å². The van der Waals surface area contributed by atoms with Crippen LogP contribution in [-0.4, -0.2) is 69.1 Å². The second-order valence-corrected chi connectivity index (χ2v) is 11.3. The van der Waals surface area contributed by atoms with E-state index in [0.717, 1.165) is 31.2 Å². The van der Waals surface area contributed by atoms with Gasteiger partial charge in [-0.1, -0.05) is 0 Å². The molecule has 0 amide bonds. The summed E-state index contributed by atoms with van der Waals surface area (Å²) in [5.74, 6) is 0.256. The molecule has 0 spiro atoms.